The number of hydrogen-bond donors (Lipinski definition) is 2. The van der Waals surface area contributed by atoms with Crippen LogP contribution in [-0.4, -0.2) is 50.4 Å². The third-order valence-electron chi connectivity index (χ3n) is 4.99. The molecule has 2 aromatic carbocycles. The van der Waals surface area contributed by atoms with E-state index in [4.69, 9.17) is 21.7 Å². The van der Waals surface area contributed by atoms with Crippen LogP contribution in [0.25, 0.3) is 0 Å². The van der Waals surface area contributed by atoms with Crippen molar-refractivity contribution in [3.8, 4) is 11.5 Å². The zero-order valence-electron chi connectivity index (χ0n) is 16.2. The van der Waals surface area contributed by atoms with Crippen molar-refractivity contribution in [2.24, 2.45) is 0 Å². The van der Waals surface area contributed by atoms with Gasteiger partial charge in [-0.3, -0.25) is 0 Å². The van der Waals surface area contributed by atoms with Crippen molar-refractivity contribution in [3.05, 3.63) is 53.6 Å². The maximum Gasteiger partial charge on any atom is 0.173 e. The highest BCUT2D eigenvalue weighted by Crippen LogP contribution is 2.23. The topological polar surface area (TPSA) is 38.2 Å². The second-order valence-corrected chi connectivity index (χ2v) is 7.27. The fourth-order valence-electron chi connectivity index (χ4n) is 3.33. The zero-order valence-corrected chi connectivity index (χ0v) is 17.1. The van der Waals surface area contributed by atoms with Crippen molar-refractivity contribution < 1.29 is 14.4 Å². The number of hydrogen-bond acceptors (Lipinski definition) is 3. The van der Waals surface area contributed by atoms with Crippen LogP contribution in [0.3, 0.4) is 0 Å². The van der Waals surface area contributed by atoms with Gasteiger partial charge >= 0.3 is 0 Å². The maximum atomic E-state index is 5.60. The normalized spacial score (nSPS) is 14.7. The van der Waals surface area contributed by atoms with Crippen molar-refractivity contribution in [2.75, 3.05) is 45.7 Å². The minimum atomic E-state index is 0.803. The first-order valence-electron chi connectivity index (χ1n) is 9.26. The van der Waals surface area contributed by atoms with Gasteiger partial charge in [0, 0.05) is 5.69 Å². The third-order valence-corrected chi connectivity index (χ3v) is 5.35. The number of anilines is 1. The Kier molecular flexibility index (Phi) is 6.53. The van der Waals surface area contributed by atoms with Gasteiger partial charge in [-0.1, -0.05) is 17.7 Å². The number of rotatable bonds is 5. The standard InChI is InChI=1S/C21H27N3O2S/c1-16-4-6-18(7-5-16)22-21(27)24-12-10-23(11-13-24)15-17-14-19(25-2)8-9-20(17)26-3/h4-9,14H,10-13,15H2,1-3H3,(H,22,27)/p+1. The van der Waals surface area contributed by atoms with Crippen LogP contribution in [-0.2, 0) is 6.54 Å². The van der Waals surface area contributed by atoms with E-state index in [-0.39, 0.29) is 0 Å². The van der Waals surface area contributed by atoms with E-state index in [1.165, 1.54) is 16.0 Å². The fraction of sp³-hybridized carbons (Fsp3) is 0.381. The molecule has 1 saturated heterocycles. The van der Waals surface area contributed by atoms with Crippen LogP contribution in [0.1, 0.15) is 11.1 Å². The molecule has 0 atom stereocenters. The van der Waals surface area contributed by atoms with Crippen molar-refractivity contribution in [3.63, 3.8) is 0 Å². The molecule has 0 aliphatic carbocycles. The number of ether oxygens (including phenoxy) is 2. The van der Waals surface area contributed by atoms with E-state index < -0.39 is 0 Å². The first-order chi connectivity index (χ1) is 13.1. The first kappa shape index (κ1) is 19.5. The third kappa shape index (κ3) is 5.11. The largest absolute Gasteiger partial charge is 0.497 e. The van der Waals surface area contributed by atoms with E-state index >= 15 is 0 Å². The van der Waals surface area contributed by atoms with Crippen LogP contribution in [0, 0.1) is 6.92 Å². The number of aryl methyl sites for hydroxylation is 1. The molecule has 1 heterocycles. The zero-order chi connectivity index (χ0) is 19.2. The Morgan fingerprint density at radius 3 is 2.41 bits per heavy atom. The summed E-state index contributed by atoms with van der Waals surface area (Å²) < 4.78 is 10.9. The molecular weight excluding hydrogens is 358 g/mol. The molecule has 0 spiro atoms. The lowest BCUT2D eigenvalue weighted by atomic mass is 10.1. The van der Waals surface area contributed by atoms with Crippen molar-refractivity contribution in [1.29, 1.82) is 0 Å². The van der Waals surface area contributed by atoms with E-state index in [0.717, 1.165) is 55.0 Å². The van der Waals surface area contributed by atoms with Gasteiger partial charge in [-0.15, -0.1) is 0 Å². The molecule has 1 aliphatic heterocycles. The van der Waals surface area contributed by atoms with Gasteiger partial charge in [-0.2, -0.15) is 0 Å². The summed E-state index contributed by atoms with van der Waals surface area (Å²) in [6.45, 7) is 6.97. The molecule has 1 fully saturated rings. The van der Waals surface area contributed by atoms with Gasteiger partial charge in [0.25, 0.3) is 0 Å². The Bertz CT molecular complexity index is 771. The van der Waals surface area contributed by atoms with E-state index in [1.807, 2.05) is 12.1 Å². The van der Waals surface area contributed by atoms with Crippen molar-refractivity contribution >= 4 is 23.0 Å². The van der Waals surface area contributed by atoms with Gasteiger partial charge in [-0.25, -0.2) is 0 Å². The van der Waals surface area contributed by atoms with Gasteiger partial charge < -0.3 is 24.6 Å². The SMILES string of the molecule is COc1ccc(OC)c(C[NH+]2CCN(C(=S)Nc3ccc(C)cc3)CC2)c1. The molecule has 27 heavy (non-hydrogen) atoms. The predicted molar refractivity (Wildman–Crippen MR) is 113 cm³/mol. The van der Waals surface area contributed by atoms with E-state index in [2.05, 4.69) is 47.5 Å². The molecule has 6 heteroatoms. The molecule has 2 N–H and O–H groups in total. The van der Waals surface area contributed by atoms with Crippen LogP contribution < -0.4 is 19.7 Å². The number of quaternary nitrogens is 1. The van der Waals surface area contributed by atoms with Gasteiger partial charge in [-0.05, 0) is 49.5 Å². The lowest BCUT2D eigenvalue weighted by molar-refractivity contribution is -0.917. The smallest absolute Gasteiger partial charge is 0.173 e. The Balaban J connectivity index is 1.54. The van der Waals surface area contributed by atoms with E-state index in [0.29, 0.717) is 0 Å². The second kappa shape index (κ2) is 9.06. The summed E-state index contributed by atoms with van der Waals surface area (Å²) in [5, 5.41) is 4.15. The fourth-order valence-corrected chi connectivity index (χ4v) is 3.63. The molecule has 1 aliphatic rings. The molecule has 0 amide bonds. The molecular formula is C21H28N3O2S+. The molecule has 3 rings (SSSR count). The lowest BCUT2D eigenvalue weighted by Gasteiger charge is -2.34. The molecule has 0 radical (unpaired) electrons. The summed E-state index contributed by atoms with van der Waals surface area (Å²) in [4.78, 5) is 3.78. The maximum absolute atomic E-state index is 5.60. The molecule has 144 valence electrons. The number of benzene rings is 2. The van der Waals surface area contributed by atoms with Gasteiger partial charge in [0.2, 0.25) is 0 Å². The van der Waals surface area contributed by atoms with Crippen molar-refractivity contribution in [2.45, 2.75) is 13.5 Å². The summed E-state index contributed by atoms with van der Waals surface area (Å²) in [7, 11) is 3.41. The van der Waals surface area contributed by atoms with Gasteiger partial charge in [0.15, 0.2) is 5.11 Å². The van der Waals surface area contributed by atoms with Gasteiger partial charge in [0.05, 0.1) is 46.0 Å². The van der Waals surface area contributed by atoms with Crippen LogP contribution in [0.2, 0.25) is 0 Å². The summed E-state index contributed by atoms with van der Waals surface area (Å²) in [5.41, 5.74) is 3.47. The highest BCUT2D eigenvalue weighted by Gasteiger charge is 2.23. The Morgan fingerprint density at radius 2 is 1.78 bits per heavy atom. The molecule has 2 aromatic rings. The number of nitrogens with one attached hydrogen (secondary N) is 2. The molecule has 0 saturated carbocycles. The summed E-state index contributed by atoms with van der Waals surface area (Å²) in [6.07, 6.45) is 0. The van der Waals surface area contributed by atoms with Crippen LogP contribution >= 0.6 is 12.2 Å². The Morgan fingerprint density at radius 1 is 1.07 bits per heavy atom. The average Bonchev–Trinajstić information content (AvgIpc) is 2.70. The van der Waals surface area contributed by atoms with E-state index in [1.54, 1.807) is 14.2 Å². The predicted octanol–water partition coefficient (Wildman–Crippen LogP) is 2.11. The number of thiocarbonyl (C=S) groups is 1. The number of piperazine rings is 1. The summed E-state index contributed by atoms with van der Waals surface area (Å²) in [6, 6.07) is 14.3. The summed E-state index contributed by atoms with van der Waals surface area (Å²) in [5.74, 6) is 1.79. The molecule has 0 bridgehead atoms. The van der Waals surface area contributed by atoms with Crippen LogP contribution in [0.4, 0.5) is 5.69 Å². The number of methoxy groups -OCH3 is 2. The summed E-state index contributed by atoms with van der Waals surface area (Å²) >= 11 is 5.60. The van der Waals surface area contributed by atoms with E-state index in [9.17, 15) is 0 Å². The molecule has 5 nitrogen and oxygen atoms in total. The average molecular weight is 387 g/mol. The highest BCUT2D eigenvalue weighted by molar-refractivity contribution is 7.80. The van der Waals surface area contributed by atoms with Crippen LogP contribution in [0.15, 0.2) is 42.5 Å². The molecule has 0 unspecified atom stereocenters. The second-order valence-electron chi connectivity index (χ2n) is 6.89. The minimum absolute atomic E-state index is 0.803. The lowest BCUT2D eigenvalue weighted by Crippen LogP contribution is -3.13. The van der Waals surface area contributed by atoms with Crippen LogP contribution in [0.5, 0.6) is 11.5 Å². The first-order valence-corrected chi connectivity index (χ1v) is 9.67. The number of nitrogens with zero attached hydrogens (tertiary/aromatic N) is 1. The molecule has 0 aromatic heterocycles. The van der Waals surface area contributed by atoms with Gasteiger partial charge in [0.1, 0.15) is 18.0 Å². The van der Waals surface area contributed by atoms with Crippen molar-refractivity contribution in [1.82, 2.24) is 4.90 Å². The minimum Gasteiger partial charge on any atom is -0.497 e. The Labute approximate surface area is 166 Å². The highest BCUT2D eigenvalue weighted by atomic mass is 32.1. The monoisotopic (exact) mass is 386 g/mol. The quantitative estimate of drug-likeness (QED) is 0.770. The Hall–Kier alpha value is -2.31.